The van der Waals surface area contributed by atoms with Gasteiger partial charge in [0.15, 0.2) is 5.82 Å². The van der Waals surface area contributed by atoms with Gasteiger partial charge in [0.1, 0.15) is 5.52 Å². The van der Waals surface area contributed by atoms with Crippen LogP contribution < -0.4 is 11.1 Å². The third kappa shape index (κ3) is 2.63. The van der Waals surface area contributed by atoms with Crippen LogP contribution in [-0.4, -0.2) is 27.2 Å². The van der Waals surface area contributed by atoms with Crippen molar-refractivity contribution in [3.8, 4) is 0 Å². The maximum atomic E-state index is 5.99. The molecule has 1 unspecified atom stereocenters. The second kappa shape index (κ2) is 5.79. The lowest BCUT2D eigenvalue weighted by Crippen LogP contribution is -2.37. The van der Waals surface area contributed by atoms with Crippen LogP contribution in [-0.2, 0) is 0 Å². The summed E-state index contributed by atoms with van der Waals surface area (Å²) < 4.78 is 1.87. The van der Waals surface area contributed by atoms with E-state index in [1.54, 1.807) is 6.20 Å². The van der Waals surface area contributed by atoms with Crippen LogP contribution in [0.2, 0.25) is 0 Å². The van der Waals surface area contributed by atoms with E-state index in [2.05, 4.69) is 21.5 Å². The molecule has 0 bridgehead atoms. The number of hydrogen-bond donors (Lipinski definition) is 2. The number of nitrogens with one attached hydrogen (secondary N) is 1. The average molecular weight is 273 g/mol. The van der Waals surface area contributed by atoms with Crippen molar-refractivity contribution < 1.29 is 0 Å². The van der Waals surface area contributed by atoms with Gasteiger partial charge in [-0.3, -0.25) is 0 Å². The minimum atomic E-state index is 0.309. The van der Waals surface area contributed by atoms with Gasteiger partial charge in [-0.1, -0.05) is 19.3 Å². The number of nitrogens with two attached hydrogens (primary N) is 1. The normalized spacial score (nSPS) is 18.3. The Morgan fingerprint density at radius 1 is 1.40 bits per heavy atom. The molecule has 2 aromatic rings. The van der Waals surface area contributed by atoms with Gasteiger partial charge >= 0.3 is 0 Å². The van der Waals surface area contributed by atoms with E-state index in [4.69, 9.17) is 5.73 Å². The van der Waals surface area contributed by atoms with Gasteiger partial charge in [-0.25, -0.2) is 9.50 Å². The van der Waals surface area contributed by atoms with Crippen molar-refractivity contribution in [1.29, 1.82) is 0 Å². The number of fused-ring (bicyclic) bond motifs is 1. The molecule has 2 heterocycles. The van der Waals surface area contributed by atoms with Gasteiger partial charge in [0.2, 0.25) is 0 Å². The number of aryl methyl sites for hydroxylation is 1. The summed E-state index contributed by atoms with van der Waals surface area (Å²) in [5, 5.41) is 7.98. The Hall–Kier alpha value is -1.62. The average Bonchev–Trinajstić information content (AvgIpc) is 2.86. The van der Waals surface area contributed by atoms with Gasteiger partial charge in [0.05, 0.1) is 5.69 Å². The largest absolute Gasteiger partial charge is 0.364 e. The van der Waals surface area contributed by atoms with Gasteiger partial charge in [0.25, 0.3) is 0 Å². The van der Waals surface area contributed by atoms with Crippen LogP contribution in [0.25, 0.3) is 5.52 Å². The second-order valence-electron chi connectivity index (χ2n) is 5.78. The molecule has 1 fully saturated rings. The molecule has 0 amide bonds. The maximum Gasteiger partial charge on any atom is 0.152 e. The minimum absolute atomic E-state index is 0.309. The highest BCUT2D eigenvalue weighted by atomic mass is 15.2. The zero-order chi connectivity index (χ0) is 13.9. The Morgan fingerprint density at radius 3 is 2.95 bits per heavy atom. The van der Waals surface area contributed by atoms with E-state index in [0.717, 1.165) is 17.0 Å². The van der Waals surface area contributed by atoms with E-state index in [-0.39, 0.29) is 0 Å². The van der Waals surface area contributed by atoms with Gasteiger partial charge in [0, 0.05) is 25.0 Å². The van der Waals surface area contributed by atoms with Gasteiger partial charge in [-0.2, -0.15) is 5.10 Å². The maximum absolute atomic E-state index is 5.99. The van der Waals surface area contributed by atoms with Crippen molar-refractivity contribution in [2.75, 3.05) is 11.9 Å². The molecule has 0 aromatic carbocycles. The second-order valence-corrected chi connectivity index (χ2v) is 5.78. The van der Waals surface area contributed by atoms with E-state index < -0.39 is 0 Å². The summed E-state index contributed by atoms with van der Waals surface area (Å²) in [5.41, 5.74) is 8.02. The zero-order valence-electron chi connectivity index (χ0n) is 12.0. The third-order valence-electron chi connectivity index (χ3n) is 4.31. The Bertz CT molecular complexity index is 571. The van der Waals surface area contributed by atoms with Gasteiger partial charge in [-0.05, 0) is 31.7 Å². The predicted octanol–water partition coefficient (Wildman–Crippen LogP) is 2.36. The molecule has 3 N–H and O–H groups in total. The number of aromatic nitrogens is 3. The summed E-state index contributed by atoms with van der Waals surface area (Å²) in [7, 11) is 0. The summed E-state index contributed by atoms with van der Waals surface area (Å²) in [6.45, 7) is 2.65. The van der Waals surface area contributed by atoms with Gasteiger partial charge < -0.3 is 11.1 Å². The third-order valence-corrected chi connectivity index (χ3v) is 4.31. The molecule has 5 nitrogen and oxygen atoms in total. The first kappa shape index (κ1) is 13.4. The Labute approximate surface area is 119 Å². The number of anilines is 1. The molecule has 1 aliphatic rings. The topological polar surface area (TPSA) is 68.2 Å². The first-order valence-electron chi connectivity index (χ1n) is 7.55. The molecule has 3 rings (SSSR count). The Kier molecular flexibility index (Phi) is 3.87. The molecule has 20 heavy (non-hydrogen) atoms. The van der Waals surface area contributed by atoms with Crippen LogP contribution in [0.1, 0.15) is 37.8 Å². The highest BCUT2D eigenvalue weighted by molar-refractivity contribution is 5.68. The molecule has 2 aromatic heterocycles. The summed E-state index contributed by atoms with van der Waals surface area (Å²) >= 11 is 0. The fourth-order valence-corrected chi connectivity index (χ4v) is 3.24. The van der Waals surface area contributed by atoms with Crippen LogP contribution in [0.5, 0.6) is 0 Å². The van der Waals surface area contributed by atoms with E-state index in [1.807, 2.05) is 17.6 Å². The standard InChI is InChI=1S/C15H23N5/c1-11-9-14-15(17-7-8-20(14)19-11)18-13(10-16)12-5-3-2-4-6-12/h7-9,12-13H,2-6,10,16H2,1H3,(H,17,18). The van der Waals surface area contributed by atoms with E-state index >= 15 is 0 Å². The minimum Gasteiger partial charge on any atom is -0.364 e. The molecule has 1 saturated carbocycles. The Balaban J connectivity index is 1.83. The predicted molar refractivity (Wildman–Crippen MR) is 80.8 cm³/mol. The van der Waals surface area contributed by atoms with Crippen LogP contribution >= 0.6 is 0 Å². The summed E-state index contributed by atoms with van der Waals surface area (Å²) in [6.07, 6.45) is 10.2. The smallest absolute Gasteiger partial charge is 0.152 e. The van der Waals surface area contributed by atoms with Crippen LogP contribution in [0.4, 0.5) is 5.82 Å². The highest BCUT2D eigenvalue weighted by Crippen LogP contribution is 2.28. The fourth-order valence-electron chi connectivity index (χ4n) is 3.24. The molecule has 5 heteroatoms. The fraction of sp³-hybridized carbons (Fsp3) is 0.600. The van der Waals surface area contributed by atoms with E-state index in [1.165, 1.54) is 32.1 Å². The van der Waals surface area contributed by atoms with Crippen molar-refractivity contribution in [2.24, 2.45) is 11.7 Å². The van der Waals surface area contributed by atoms with Crippen molar-refractivity contribution in [2.45, 2.75) is 45.1 Å². The first-order valence-corrected chi connectivity index (χ1v) is 7.55. The monoisotopic (exact) mass is 273 g/mol. The van der Waals surface area contributed by atoms with Crippen molar-refractivity contribution in [1.82, 2.24) is 14.6 Å². The molecular weight excluding hydrogens is 250 g/mol. The van der Waals surface area contributed by atoms with Crippen molar-refractivity contribution >= 4 is 11.3 Å². The molecule has 108 valence electrons. The highest BCUT2D eigenvalue weighted by Gasteiger charge is 2.23. The lowest BCUT2D eigenvalue weighted by atomic mass is 9.84. The SMILES string of the molecule is Cc1cc2c(NC(CN)C3CCCCC3)nccn2n1. The quantitative estimate of drug-likeness (QED) is 0.897. The molecule has 0 saturated heterocycles. The first-order chi connectivity index (χ1) is 9.78. The number of rotatable bonds is 4. The summed E-state index contributed by atoms with van der Waals surface area (Å²) in [5.74, 6) is 1.56. The van der Waals surface area contributed by atoms with Crippen LogP contribution in [0.3, 0.4) is 0 Å². The molecule has 0 spiro atoms. The number of hydrogen-bond acceptors (Lipinski definition) is 4. The lowest BCUT2D eigenvalue weighted by Gasteiger charge is -2.30. The molecule has 1 aliphatic carbocycles. The van der Waals surface area contributed by atoms with Crippen molar-refractivity contribution in [3.63, 3.8) is 0 Å². The number of nitrogens with zero attached hydrogens (tertiary/aromatic N) is 3. The molecule has 1 atom stereocenters. The van der Waals surface area contributed by atoms with Crippen LogP contribution in [0, 0.1) is 12.8 Å². The van der Waals surface area contributed by atoms with E-state index in [0.29, 0.717) is 18.5 Å². The summed E-state index contributed by atoms with van der Waals surface area (Å²) in [4.78, 5) is 4.48. The summed E-state index contributed by atoms with van der Waals surface area (Å²) in [6, 6.07) is 2.37. The molecule has 0 radical (unpaired) electrons. The Morgan fingerprint density at radius 2 is 2.20 bits per heavy atom. The van der Waals surface area contributed by atoms with Crippen molar-refractivity contribution in [3.05, 3.63) is 24.2 Å². The molecule has 0 aliphatic heterocycles. The zero-order valence-corrected chi connectivity index (χ0v) is 12.0. The van der Waals surface area contributed by atoms with Gasteiger partial charge in [-0.15, -0.1) is 0 Å². The van der Waals surface area contributed by atoms with E-state index in [9.17, 15) is 0 Å². The lowest BCUT2D eigenvalue weighted by molar-refractivity contribution is 0.320. The molecular formula is C15H23N5. The van der Waals surface area contributed by atoms with Crippen LogP contribution in [0.15, 0.2) is 18.5 Å².